The van der Waals surface area contributed by atoms with Gasteiger partial charge in [0, 0.05) is 5.56 Å². The van der Waals surface area contributed by atoms with Crippen molar-refractivity contribution in [2.24, 2.45) is 5.41 Å². The van der Waals surface area contributed by atoms with Gasteiger partial charge in [0.2, 0.25) is 15.9 Å². The van der Waals surface area contributed by atoms with E-state index in [1.54, 1.807) is 13.8 Å². The lowest BCUT2D eigenvalue weighted by Gasteiger charge is -2.20. The lowest BCUT2D eigenvalue weighted by molar-refractivity contribution is -0.123. The highest BCUT2D eigenvalue weighted by atomic mass is 35.5. The second-order valence-corrected chi connectivity index (χ2v) is 9.71. The van der Waals surface area contributed by atoms with E-state index in [0.717, 1.165) is 5.56 Å². The fourth-order valence-corrected chi connectivity index (χ4v) is 5.52. The molecule has 1 atom stereocenters. The molecule has 28 heavy (non-hydrogen) atoms. The molecule has 1 aliphatic heterocycles. The van der Waals surface area contributed by atoms with Crippen molar-refractivity contribution in [3.8, 4) is 0 Å². The average Bonchev–Trinajstić information content (AvgIpc) is 2.79. The molecule has 1 unspecified atom stereocenters. The molecular weight excluding hydrogens is 400 g/mol. The van der Waals surface area contributed by atoms with E-state index in [1.807, 2.05) is 37.3 Å². The Labute approximate surface area is 169 Å². The van der Waals surface area contributed by atoms with Crippen molar-refractivity contribution in [3.05, 3.63) is 64.7 Å². The molecule has 1 fully saturated rings. The Bertz CT molecular complexity index is 1040. The van der Waals surface area contributed by atoms with Gasteiger partial charge in [0.05, 0.1) is 27.9 Å². The third-order valence-electron chi connectivity index (χ3n) is 4.66. The number of amides is 2. The number of halogens is 1. The van der Waals surface area contributed by atoms with Crippen LogP contribution in [0.15, 0.2) is 48.5 Å². The molecule has 2 aromatic rings. The lowest BCUT2D eigenvalue weighted by atomic mass is 9.95. The topological polar surface area (TPSA) is 83.6 Å². The number of anilines is 1. The van der Waals surface area contributed by atoms with Crippen LogP contribution in [0.25, 0.3) is 0 Å². The van der Waals surface area contributed by atoms with E-state index in [0.29, 0.717) is 4.31 Å². The molecule has 6 nitrogen and oxygen atoms in total. The van der Waals surface area contributed by atoms with Crippen molar-refractivity contribution in [2.75, 3.05) is 10.1 Å². The Morgan fingerprint density at radius 1 is 1.18 bits per heavy atom. The first-order valence-electron chi connectivity index (χ1n) is 8.76. The van der Waals surface area contributed by atoms with Gasteiger partial charge in [0.1, 0.15) is 0 Å². The molecule has 1 aliphatic rings. The summed E-state index contributed by atoms with van der Waals surface area (Å²) in [5.74, 6) is -1.27. The van der Waals surface area contributed by atoms with Gasteiger partial charge in [-0.15, -0.1) is 0 Å². The zero-order valence-electron chi connectivity index (χ0n) is 15.8. The van der Waals surface area contributed by atoms with E-state index in [2.05, 4.69) is 5.32 Å². The fourth-order valence-electron chi connectivity index (χ4n) is 3.16. The first kappa shape index (κ1) is 20.4. The maximum Gasteiger partial charge on any atom is 0.251 e. The highest BCUT2D eigenvalue weighted by Crippen LogP contribution is 2.39. The Morgan fingerprint density at radius 2 is 1.82 bits per heavy atom. The van der Waals surface area contributed by atoms with E-state index in [-0.39, 0.29) is 28.1 Å². The molecule has 1 N–H and O–H groups in total. The van der Waals surface area contributed by atoms with Crippen LogP contribution in [0.3, 0.4) is 0 Å². The third-order valence-corrected chi connectivity index (χ3v) is 6.98. The van der Waals surface area contributed by atoms with Crippen molar-refractivity contribution in [1.29, 1.82) is 0 Å². The molecule has 0 saturated carbocycles. The molecule has 8 heteroatoms. The van der Waals surface area contributed by atoms with Gasteiger partial charge in [0.15, 0.2) is 0 Å². The summed E-state index contributed by atoms with van der Waals surface area (Å²) in [6, 6.07) is 13.5. The van der Waals surface area contributed by atoms with Crippen LogP contribution in [-0.4, -0.2) is 26.0 Å². The Kier molecular flexibility index (Phi) is 5.25. The maximum atomic E-state index is 12.7. The van der Waals surface area contributed by atoms with Crippen LogP contribution in [0.1, 0.15) is 42.7 Å². The van der Waals surface area contributed by atoms with Gasteiger partial charge in [-0.2, -0.15) is 0 Å². The zero-order chi connectivity index (χ0) is 20.7. The summed E-state index contributed by atoms with van der Waals surface area (Å²) >= 11 is 6.18. The third kappa shape index (κ3) is 3.77. The molecule has 1 saturated heterocycles. The molecule has 2 aromatic carbocycles. The summed E-state index contributed by atoms with van der Waals surface area (Å²) in [6.45, 7) is 4.98. The van der Waals surface area contributed by atoms with Gasteiger partial charge in [-0.1, -0.05) is 41.9 Å². The summed E-state index contributed by atoms with van der Waals surface area (Å²) in [4.78, 5) is 25.3. The molecule has 0 aliphatic carbocycles. The lowest BCUT2D eigenvalue weighted by Crippen LogP contribution is -2.33. The highest BCUT2D eigenvalue weighted by Gasteiger charge is 2.50. The predicted octanol–water partition coefficient (Wildman–Crippen LogP) is 3.53. The molecule has 0 spiro atoms. The number of carbonyl (C=O) groups is 2. The van der Waals surface area contributed by atoms with E-state index in [9.17, 15) is 18.0 Å². The molecule has 0 radical (unpaired) electrons. The summed E-state index contributed by atoms with van der Waals surface area (Å²) in [6.07, 6.45) is 0. The van der Waals surface area contributed by atoms with Crippen LogP contribution in [0, 0.1) is 5.41 Å². The normalized spacial score (nSPS) is 18.7. The summed E-state index contributed by atoms with van der Waals surface area (Å²) < 4.78 is 25.8. The second kappa shape index (κ2) is 7.22. The maximum absolute atomic E-state index is 12.7. The average molecular weight is 421 g/mol. The molecule has 2 amide bonds. The van der Waals surface area contributed by atoms with E-state index in [1.165, 1.54) is 18.2 Å². The summed E-state index contributed by atoms with van der Waals surface area (Å²) in [5.41, 5.74) is 0.0960. The predicted molar refractivity (Wildman–Crippen MR) is 109 cm³/mol. The minimum absolute atomic E-state index is 0.00254. The van der Waals surface area contributed by atoms with Crippen LogP contribution in [0.4, 0.5) is 5.69 Å². The van der Waals surface area contributed by atoms with Gasteiger partial charge in [-0.3, -0.25) is 9.59 Å². The molecule has 3 rings (SSSR count). The largest absolute Gasteiger partial charge is 0.346 e. The zero-order valence-corrected chi connectivity index (χ0v) is 17.3. The Hall–Kier alpha value is -2.38. The van der Waals surface area contributed by atoms with Gasteiger partial charge in [-0.05, 0) is 44.5 Å². The number of nitrogens with one attached hydrogen (secondary N) is 1. The Balaban J connectivity index is 1.92. The molecule has 148 valence electrons. The number of carbonyl (C=O) groups excluding carboxylic acids is 2. The molecule has 0 aromatic heterocycles. The van der Waals surface area contributed by atoms with Gasteiger partial charge < -0.3 is 5.32 Å². The first-order chi connectivity index (χ1) is 13.0. The van der Waals surface area contributed by atoms with E-state index < -0.39 is 27.3 Å². The number of rotatable bonds is 4. The fraction of sp³-hybridized carbons (Fsp3) is 0.300. The SMILES string of the molecule is CC(NC(=O)c1ccc(Cl)c(N2C(=O)C(C)(C)CS2(=O)=O)c1)c1ccccc1. The van der Waals surface area contributed by atoms with Crippen molar-refractivity contribution >= 4 is 39.1 Å². The Morgan fingerprint density at radius 3 is 2.39 bits per heavy atom. The number of hydrogen-bond acceptors (Lipinski definition) is 4. The molecule has 1 heterocycles. The number of benzene rings is 2. The van der Waals surface area contributed by atoms with Crippen molar-refractivity contribution in [2.45, 2.75) is 26.8 Å². The van der Waals surface area contributed by atoms with Crippen LogP contribution in [-0.2, 0) is 14.8 Å². The van der Waals surface area contributed by atoms with Gasteiger partial charge >= 0.3 is 0 Å². The first-order valence-corrected chi connectivity index (χ1v) is 10.7. The van der Waals surface area contributed by atoms with Gasteiger partial charge in [-0.25, -0.2) is 12.7 Å². The molecule has 0 bridgehead atoms. The smallest absolute Gasteiger partial charge is 0.251 e. The summed E-state index contributed by atoms with van der Waals surface area (Å²) in [5, 5.41) is 2.95. The van der Waals surface area contributed by atoms with E-state index >= 15 is 0 Å². The van der Waals surface area contributed by atoms with Crippen LogP contribution >= 0.6 is 11.6 Å². The monoisotopic (exact) mass is 420 g/mol. The van der Waals surface area contributed by atoms with Crippen LogP contribution < -0.4 is 9.62 Å². The second-order valence-electron chi connectivity index (χ2n) is 7.48. The number of hydrogen-bond donors (Lipinski definition) is 1. The van der Waals surface area contributed by atoms with Crippen LogP contribution in [0.5, 0.6) is 0 Å². The minimum atomic E-state index is -3.86. The van der Waals surface area contributed by atoms with Crippen molar-refractivity contribution in [1.82, 2.24) is 5.32 Å². The minimum Gasteiger partial charge on any atom is -0.346 e. The van der Waals surface area contributed by atoms with Crippen molar-refractivity contribution < 1.29 is 18.0 Å². The quantitative estimate of drug-likeness (QED) is 0.820. The highest BCUT2D eigenvalue weighted by molar-refractivity contribution is 7.94. The number of nitrogens with zero attached hydrogens (tertiary/aromatic N) is 1. The molecular formula is C20H21ClN2O4S. The van der Waals surface area contributed by atoms with Crippen molar-refractivity contribution in [3.63, 3.8) is 0 Å². The standard InChI is InChI=1S/C20H21ClN2O4S/c1-13(14-7-5-4-6-8-14)22-18(24)15-9-10-16(21)17(11-15)23-19(25)20(2,3)12-28(23,26)27/h4-11,13H,12H2,1-3H3,(H,22,24). The van der Waals surface area contributed by atoms with Crippen LogP contribution in [0.2, 0.25) is 5.02 Å². The van der Waals surface area contributed by atoms with E-state index in [4.69, 9.17) is 11.6 Å². The summed E-state index contributed by atoms with van der Waals surface area (Å²) in [7, 11) is -3.86. The van der Waals surface area contributed by atoms with Gasteiger partial charge in [0.25, 0.3) is 5.91 Å². The number of sulfonamides is 1.